The normalized spacial score (nSPS) is 8.00. The van der Waals surface area contributed by atoms with E-state index in [4.69, 9.17) is 4.74 Å². The van der Waals surface area contributed by atoms with Crippen molar-refractivity contribution in [3.8, 4) is 5.88 Å². The van der Waals surface area contributed by atoms with Gasteiger partial charge in [-0.15, -0.1) is 0 Å². The lowest BCUT2D eigenvalue weighted by Gasteiger charge is -1.95. The van der Waals surface area contributed by atoms with E-state index in [2.05, 4.69) is 32.6 Å². The molecule has 1 aromatic rings. The van der Waals surface area contributed by atoms with Gasteiger partial charge in [0.05, 0.1) is 19.0 Å². The van der Waals surface area contributed by atoms with Crippen LogP contribution >= 0.6 is 22.6 Å². The maximum Gasteiger partial charge on any atom is 0.232 e. The highest BCUT2D eigenvalue weighted by atomic mass is 127. The lowest BCUT2D eigenvalue weighted by Crippen LogP contribution is -1.89. The molecule has 0 saturated carbocycles. The van der Waals surface area contributed by atoms with Crippen molar-refractivity contribution >= 4 is 22.6 Å². The average molecular weight is 266 g/mol. The molecule has 0 N–H and O–H groups in total. The van der Waals surface area contributed by atoms with Gasteiger partial charge in [0.25, 0.3) is 0 Å². The van der Waals surface area contributed by atoms with E-state index in [1.807, 2.05) is 11.9 Å². The summed E-state index contributed by atoms with van der Waals surface area (Å²) in [5.74, 6) is 0.565. The Morgan fingerprint density at radius 3 is 2.36 bits per heavy atom. The Hall–Kier alpha value is -0.390. The van der Waals surface area contributed by atoms with Crippen LogP contribution in [0.2, 0.25) is 0 Å². The molecule has 0 radical (unpaired) electrons. The van der Waals surface area contributed by atoms with Crippen molar-refractivity contribution < 1.29 is 4.74 Å². The molecule has 0 unspecified atom stereocenters. The first-order valence-electron chi connectivity index (χ1n) is 3.03. The van der Waals surface area contributed by atoms with Gasteiger partial charge in [-0.1, -0.05) is 22.6 Å². The highest BCUT2D eigenvalue weighted by Gasteiger charge is 1.89. The van der Waals surface area contributed by atoms with Crippen LogP contribution in [0.25, 0.3) is 0 Å². The number of hydrogen-bond donors (Lipinski definition) is 0. The Kier molecular flexibility index (Phi) is 6.10. The van der Waals surface area contributed by atoms with Gasteiger partial charge in [0.2, 0.25) is 5.88 Å². The standard InChI is InChI=1S/C6H8N2O.CH3I/c1-5-3-7-4-6(8-5)9-2;1-2/h3-4H,1-2H3;1H3. The fourth-order valence-corrected chi connectivity index (χ4v) is 0.539. The third-order valence-electron chi connectivity index (χ3n) is 0.942. The van der Waals surface area contributed by atoms with E-state index in [9.17, 15) is 0 Å². The quantitative estimate of drug-likeness (QED) is 0.574. The van der Waals surface area contributed by atoms with Crippen LogP contribution < -0.4 is 4.74 Å². The molecular formula is C7H11IN2O. The van der Waals surface area contributed by atoms with Gasteiger partial charge in [0.1, 0.15) is 0 Å². The number of aryl methyl sites for hydroxylation is 1. The lowest BCUT2D eigenvalue weighted by atomic mass is 10.5. The van der Waals surface area contributed by atoms with Crippen LogP contribution in [0.15, 0.2) is 12.4 Å². The fourth-order valence-electron chi connectivity index (χ4n) is 0.539. The van der Waals surface area contributed by atoms with Crippen molar-refractivity contribution in [3.05, 3.63) is 18.1 Å². The molecule has 11 heavy (non-hydrogen) atoms. The first-order chi connectivity index (χ1) is 5.33. The van der Waals surface area contributed by atoms with E-state index in [1.54, 1.807) is 19.5 Å². The molecule has 0 atom stereocenters. The van der Waals surface area contributed by atoms with Crippen LogP contribution in [0.5, 0.6) is 5.88 Å². The molecule has 0 aromatic carbocycles. The van der Waals surface area contributed by atoms with Crippen molar-refractivity contribution in [2.24, 2.45) is 0 Å². The van der Waals surface area contributed by atoms with E-state index in [0.717, 1.165) is 5.69 Å². The second-order valence-electron chi connectivity index (χ2n) is 1.70. The van der Waals surface area contributed by atoms with Crippen LogP contribution in [0.3, 0.4) is 0 Å². The van der Waals surface area contributed by atoms with E-state index < -0.39 is 0 Å². The van der Waals surface area contributed by atoms with Gasteiger partial charge in [-0.25, -0.2) is 4.98 Å². The summed E-state index contributed by atoms with van der Waals surface area (Å²) in [5.41, 5.74) is 0.870. The minimum Gasteiger partial charge on any atom is -0.480 e. The highest BCUT2D eigenvalue weighted by Crippen LogP contribution is 2.01. The van der Waals surface area contributed by atoms with Crippen molar-refractivity contribution in [1.29, 1.82) is 0 Å². The SMILES string of the molecule is CI.COc1cncc(C)n1. The zero-order chi connectivity index (χ0) is 8.69. The van der Waals surface area contributed by atoms with Crippen molar-refractivity contribution in [2.45, 2.75) is 6.92 Å². The van der Waals surface area contributed by atoms with E-state index in [1.165, 1.54) is 0 Å². The molecule has 1 rings (SSSR count). The largest absolute Gasteiger partial charge is 0.480 e. The topological polar surface area (TPSA) is 35.0 Å². The van der Waals surface area contributed by atoms with Crippen molar-refractivity contribution in [2.75, 3.05) is 12.0 Å². The number of nitrogens with zero attached hydrogens (tertiary/aromatic N) is 2. The van der Waals surface area contributed by atoms with Crippen LogP contribution in [-0.2, 0) is 0 Å². The van der Waals surface area contributed by atoms with E-state index in [0.29, 0.717) is 5.88 Å². The first-order valence-corrected chi connectivity index (χ1v) is 5.19. The molecule has 62 valence electrons. The Labute approximate surface area is 80.3 Å². The zero-order valence-corrected chi connectivity index (χ0v) is 8.99. The predicted octanol–water partition coefficient (Wildman–Crippen LogP) is 1.84. The van der Waals surface area contributed by atoms with Crippen LogP contribution in [0, 0.1) is 6.92 Å². The van der Waals surface area contributed by atoms with Crippen LogP contribution in [0.1, 0.15) is 5.69 Å². The molecule has 1 heterocycles. The molecule has 0 amide bonds. The third kappa shape index (κ3) is 4.13. The van der Waals surface area contributed by atoms with Crippen LogP contribution in [-0.4, -0.2) is 22.0 Å². The number of aromatic nitrogens is 2. The van der Waals surface area contributed by atoms with Gasteiger partial charge in [-0.05, 0) is 11.9 Å². The van der Waals surface area contributed by atoms with Crippen LogP contribution in [0.4, 0.5) is 0 Å². The smallest absolute Gasteiger partial charge is 0.232 e. The molecule has 0 fully saturated rings. The summed E-state index contributed by atoms with van der Waals surface area (Å²) >= 11 is 2.15. The molecule has 0 spiro atoms. The second-order valence-corrected chi connectivity index (χ2v) is 1.70. The molecule has 0 aliphatic carbocycles. The molecule has 0 aliphatic heterocycles. The molecular weight excluding hydrogens is 255 g/mol. The second kappa shape index (κ2) is 6.33. The van der Waals surface area contributed by atoms with E-state index >= 15 is 0 Å². The summed E-state index contributed by atoms with van der Waals surface area (Å²) in [6.45, 7) is 1.87. The van der Waals surface area contributed by atoms with Gasteiger partial charge in [-0.3, -0.25) is 4.98 Å². The molecule has 0 bridgehead atoms. The number of alkyl halides is 1. The summed E-state index contributed by atoms with van der Waals surface area (Å²) in [5, 5.41) is 0. The van der Waals surface area contributed by atoms with Gasteiger partial charge in [-0.2, -0.15) is 0 Å². The molecule has 0 saturated heterocycles. The van der Waals surface area contributed by atoms with Gasteiger partial charge >= 0.3 is 0 Å². The number of rotatable bonds is 1. The Morgan fingerprint density at radius 1 is 1.36 bits per heavy atom. The predicted molar refractivity (Wildman–Crippen MR) is 53.3 cm³/mol. The highest BCUT2D eigenvalue weighted by molar-refractivity contribution is 14.1. The fraction of sp³-hybridized carbons (Fsp3) is 0.429. The number of methoxy groups -OCH3 is 1. The summed E-state index contributed by atoms with van der Waals surface area (Å²) in [7, 11) is 1.57. The monoisotopic (exact) mass is 266 g/mol. The summed E-state index contributed by atoms with van der Waals surface area (Å²) in [6.07, 6.45) is 3.26. The summed E-state index contributed by atoms with van der Waals surface area (Å²) in [4.78, 5) is 9.84. The minimum absolute atomic E-state index is 0.565. The first kappa shape index (κ1) is 10.6. The molecule has 3 nitrogen and oxygen atoms in total. The number of hydrogen-bond acceptors (Lipinski definition) is 3. The Morgan fingerprint density at radius 2 is 2.00 bits per heavy atom. The number of halogens is 1. The minimum atomic E-state index is 0.565. The lowest BCUT2D eigenvalue weighted by molar-refractivity contribution is 0.394. The summed E-state index contributed by atoms with van der Waals surface area (Å²) in [6, 6.07) is 0. The zero-order valence-electron chi connectivity index (χ0n) is 6.84. The van der Waals surface area contributed by atoms with Crippen molar-refractivity contribution in [3.63, 3.8) is 0 Å². The maximum absolute atomic E-state index is 4.82. The van der Waals surface area contributed by atoms with Gasteiger partial charge < -0.3 is 4.74 Å². The maximum atomic E-state index is 4.82. The van der Waals surface area contributed by atoms with E-state index in [-0.39, 0.29) is 0 Å². The third-order valence-corrected chi connectivity index (χ3v) is 0.942. The molecule has 4 heteroatoms. The average Bonchev–Trinajstić information content (AvgIpc) is 2.08. The summed E-state index contributed by atoms with van der Waals surface area (Å²) < 4.78 is 4.82. The molecule has 0 aliphatic rings. The molecule has 1 aromatic heterocycles. The Balaban J connectivity index is 0.000000461. The van der Waals surface area contributed by atoms with Crippen molar-refractivity contribution in [1.82, 2.24) is 9.97 Å². The Bertz CT molecular complexity index is 205. The number of ether oxygens (including phenoxy) is 1. The van der Waals surface area contributed by atoms with Gasteiger partial charge in [0, 0.05) is 6.20 Å². The van der Waals surface area contributed by atoms with Gasteiger partial charge in [0.15, 0.2) is 0 Å².